The van der Waals surface area contributed by atoms with Gasteiger partial charge in [-0.1, -0.05) is 29.8 Å². The lowest BCUT2D eigenvalue weighted by atomic mass is 10.1. The smallest absolute Gasteiger partial charge is 0.106 e. The van der Waals surface area contributed by atoms with Crippen LogP contribution in [0.5, 0.6) is 0 Å². The van der Waals surface area contributed by atoms with Crippen LogP contribution in [0.25, 0.3) is 5.69 Å². The molecule has 2 N–H and O–H groups in total. The number of benzene rings is 1. The second-order valence-corrected chi connectivity index (χ2v) is 4.78. The van der Waals surface area contributed by atoms with E-state index in [4.69, 9.17) is 17.3 Å². The normalized spacial score (nSPS) is 12.6. The van der Waals surface area contributed by atoms with Gasteiger partial charge in [-0.2, -0.15) is 20.1 Å². The predicted octanol–water partition coefficient (Wildman–Crippen LogP) is 1.70. The van der Waals surface area contributed by atoms with Crippen LogP contribution in [0.2, 0.25) is 5.02 Å². The summed E-state index contributed by atoms with van der Waals surface area (Å²) in [6, 6.07) is 9.17. The summed E-state index contributed by atoms with van der Waals surface area (Å²) >= 11 is 6.10. The summed E-state index contributed by atoms with van der Waals surface area (Å²) in [5.41, 5.74) is 8.42. The first kappa shape index (κ1) is 12.8. The van der Waals surface area contributed by atoms with E-state index in [1.165, 1.54) is 0 Å². The van der Waals surface area contributed by atoms with Crippen molar-refractivity contribution in [1.82, 2.24) is 24.8 Å². The summed E-state index contributed by atoms with van der Waals surface area (Å²) in [5.74, 6) is 0. The Labute approximate surface area is 120 Å². The van der Waals surface area contributed by atoms with Crippen LogP contribution in [0.3, 0.4) is 0 Å². The second-order valence-electron chi connectivity index (χ2n) is 4.37. The zero-order valence-corrected chi connectivity index (χ0v) is 11.6. The highest BCUT2D eigenvalue weighted by Gasteiger charge is 2.20. The highest BCUT2D eigenvalue weighted by atomic mass is 35.5. The van der Waals surface area contributed by atoms with Gasteiger partial charge in [-0.05, 0) is 12.1 Å². The minimum Gasteiger partial charge on any atom is -0.318 e. The van der Waals surface area contributed by atoms with Gasteiger partial charge in [0.05, 0.1) is 34.8 Å². The number of para-hydroxylation sites is 1. The van der Waals surface area contributed by atoms with Crippen molar-refractivity contribution in [3.05, 3.63) is 59.1 Å². The number of rotatable bonds is 3. The predicted molar refractivity (Wildman–Crippen MR) is 75.6 cm³/mol. The summed E-state index contributed by atoms with van der Waals surface area (Å²) < 4.78 is 1.65. The Kier molecular flexibility index (Phi) is 3.25. The second kappa shape index (κ2) is 5.07. The van der Waals surface area contributed by atoms with Gasteiger partial charge in [0.15, 0.2) is 0 Å². The van der Waals surface area contributed by atoms with E-state index in [1.54, 1.807) is 28.9 Å². The fourth-order valence-corrected chi connectivity index (χ4v) is 2.30. The average Bonchev–Trinajstić information content (AvgIpc) is 3.07. The molecule has 0 fully saturated rings. The van der Waals surface area contributed by atoms with E-state index < -0.39 is 6.04 Å². The van der Waals surface area contributed by atoms with Crippen molar-refractivity contribution in [2.45, 2.75) is 6.04 Å². The minimum atomic E-state index is -0.465. The topological polar surface area (TPSA) is 74.6 Å². The Morgan fingerprint density at radius 1 is 1.15 bits per heavy atom. The lowest BCUT2D eigenvalue weighted by Crippen LogP contribution is -2.17. The van der Waals surface area contributed by atoms with Gasteiger partial charge < -0.3 is 5.73 Å². The van der Waals surface area contributed by atoms with Gasteiger partial charge in [0, 0.05) is 7.05 Å². The maximum atomic E-state index is 6.19. The van der Waals surface area contributed by atoms with Crippen molar-refractivity contribution in [3.63, 3.8) is 0 Å². The molecule has 0 bridgehead atoms. The third-order valence-corrected chi connectivity index (χ3v) is 3.34. The third kappa shape index (κ3) is 2.19. The van der Waals surface area contributed by atoms with Crippen LogP contribution in [0, 0.1) is 0 Å². The van der Waals surface area contributed by atoms with E-state index in [9.17, 15) is 0 Å². The summed E-state index contributed by atoms with van der Waals surface area (Å²) in [6.07, 6.45) is 3.21. The molecule has 0 amide bonds. The molecule has 0 saturated heterocycles. The van der Waals surface area contributed by atoms with E-state index in [2.05, 4.69) is 15.3 Å². The molecule has 1 unspecified atom stereocenters. The minimum absolute atomic E-state index is 0.465. The summed E-state index contributed by atoms with van der Waals surface area (Å²) in [5, 5.41) is 13.2. The molecule has 2 aromatic heterocycles. The molecule has 0 aliphatic heterocycles. The van der Waals surface area contributed by atoms with Crippen LogP contribution in [0.1, 0.15) is 17.4 Å². The number of halogens is 1. The molecule has 1 aromatic carbocycles. The number of nitrogens with zero attached hydrogens (tertiary/aromatic N) is 5. The van der Waals surface area contributed by atoms with Crippen molar-refractivity contribution >= 4 is 11.6 Å². The van der Waals surface area contributed by atoms with E-state index in [-0.39, 0.29) is 0 Å². The first-order chi connectivity index (χ1) is 9.66. The maximum absolute atomic E-state index is 6.19. The van der Waals surface area contributed by atoms with Crippen LogP contribution in [0.4, 0.5) is 0 Å². The van der Waals surface area contributed by atoms with Crippen molar-refractivity contribution in [3.8, 4) is 5.69 Å². The maximum Gasteiger partial charge on any atom is 0.106 e. The Hall–Kier alpha value is -2.18. The van der Waals surface area contributed by atoms with Gasteiger partial charge in [-0.3, -0.25) is 4.68 Å². The average molecular weight is 289 g/mol. The van der Waals surface area contributed by atoms with Gasteiger partial charge in [0.2, 0.25) is 0 Å². The van der Waals surface area contributed by atoms with Gasteiger partial charge in [0.1, 0.15) is 5.69 Å². The van der Waals surface area contributed by atoms with Crippen LogP contribution in [-0.4, -0.2) is 24.8 Å². The SMILES string of the molecule is Cn1ncc(Cl)c1C(N)c1cnn(-c2ccccc2)n1. The standard InChI is InChI=1S/C13H13ClN6/c1-19-13(10(14)7-16-19)12(15)11-8-17-20(18-11)9-5-3-2-4-6-9/h2-8,12H,15H2,1H3. The Balaban J connectivity index is 1.95. The number of aromatic nitrogens is 5. The fourth-order valence-electron chi connectivity index (χ4n) is 2.01. The molecule has 3 aromatic rings. The molecule has 0 aliphatic carbocycles. The lowest BCUT2D eigenvalue weighted by Gasteiger charge is -2.09. The number of nitrogens with two attached hydrogens (primary N) is 1. The molecule has 7 heteroatoms. The van der Waals surface area contributed by atoms with Crippen LogP contribution in [0.15, 0.2) is 42.7 Å². The van der Waals surface area contributed by atoms with E-state index in [0.29, 0.717) is 16.4 Å². The molecule has 3 rings (SSSR count). The van der Waals surface area contributed by atoms with Crippen LogP contribution in [-0.2, 0) is 7.05 Å². The highest BCUT2D eigenvalue weighted by Crippen LogP contribution is 2.24. The van der Waals surface area contributed by atoms with E-state index >= 15 is 0 Å². The molecule has 20 heavy (non-hydrogen) atoms. The van der Waals surface area contributed by atoms with Gasteiger partial charge in [-0.25, -0.2) is 0 Å². The molecule has 0 aliphatic rings. The zero-order chi connectivity index (χ0) is 14.1. The molecule has 0 saturated carbocycles. The molecule has 1 atom stereocenters. The first-order valence-corrected chi connectivity index (χ1v) is 6.45. The van der Waals surface area contributed by atoms with Crippen LogP contribution >= 0.6 is 11.6 Å². The summed E-state index contributed by atoms with van der Waals surface area (Å²) in [7, 11) is 1.79. The van der Waals surface area contributed by atoms with Crippen molar-refractivity contribution in [2.75, 3.05) is 0 Å². The number of hydrogen-bond acceptors (Lipinski definition) is 4. The van der Waals surface area contributed by atoms with Gasteiger partial charge in [-0.15, -0.1) is 0 Å². The van der Waals surface area contributed by atoms with Gasteiger partial charge >= 0.3 is 0 Å². The zero-order valence-electron chi connectivity index (χ0n) is 10.8. The summed E-state index contributed by atoms with van der Waals surface area (Å²) in [4.78, 5) is 1.54. The molecular formula is C13H13ClN6. The molecule has 102 valence electrons. The first-order valence-electron chi connectivity index (χ1n) is 6.07. The Morgan fingerprint density at radius 3 is 2.55 bits per heavy atom. The molecule has 0 spiro atoms. The molecular weight excluding hydrogens is 276 g/mol. The highest BCUT2D eigenvalue weighted by molar-refractivity contribution is 6.31. The quantitative estimate of drug-likeness (QED) is 0.796. The third-order valence-electron chi connectivity index (χ3n) is 3.05. The van der Waals surface area contributed by atoms with E-state index in [0.717, 1.165) is 5.69 Å². The molecule has 6 nitrogen and oxygen atoms in total. The fraction of sp³-hybridized carbons (Fsp3) is 0.154. The Bertz CT molecular complexity index is 698. The lowest BCUT2D eigenvalue weighted by molar-refractivity contribution is 0.652. The van der Waals surface area contributed by atoms with Crippen molar-refractivity contribution in [2.24, 2.45) is 12.8 Å². The van der Waals surface area contributed by atoms with Crippen molar-refractivity contribution in [1.29, 1.82) is 0 Å². The Morgan fingerprint density at radius 2 is 1.90 bits per heavy atom. The monoisotopic (exact) mass is 288 g/mol. The van der Waals surface area contributed by atoms with E-state index in [1.807, 2.05) is 30.3 Å². The number of aryl methyl sites for hydroxylation is 1. The summed E-state index contributed by atoms with van der Waals surface area (Å²) in [6.45, 7) is 0. The number of hydrogen-bond donors (Lipinski definition) is 1. The van der Waals surface area contributed by atoms with Gasteiger partial charge in [0.25, 0.3) is 0 Å². The largest absolute Gasteiger partial charge is 0.318 e. The molecule has 2 heterocycles. The molecule has 0 radical (unpaired) electrons. The van der Waals surface area contributed by atoms with Crippen LogP contribution < -0.4 is 5.73 Å². The van der Waals surface area contributed by atoms with Crippen molar-refractivity contribution < 1.29 is 0 Å².